The van der Waals surface area contributed by atoms with Crippen molar-refractivity contribution >= 4 is 11.9 Å². The predicted octanol–water partition coefficient (Wildman–Crippen LogP) is 2.22. The average Bonchev–Trinajstić information content (AvgIpc) is 2.81. The van der Waals surface area contributed by atoms with Crippen LogP contribution in [0.15, 0.2) is 24.5 Å². The molecule has 7 heteroatoms. The van der Waals surface area contributed by atoms with Crippen LogP contribution in [0.3, 0.4) is 0 Å². The zero-order valence-electron chi connectivity index (χ0n) is 18.4. The van der Waals surface area contributed by atoms with Crippen molar-refractivity contribution in [3.8, 4) is 0 Å². The molecular weight excluding hydrogens is 380 g/mol. The molecule has 0 aromatic carbocycles. The summed E-state index contributed by atoms with van der Waals surface area (Å²) in [7, 11) is 1.45. The molecule has 2 fully saturated rings. The maximum absolute atomic E-state index is 12.5. The number of piperidine rings is 2. The topological polar surface area (TPSA) is 74.8 Å². The third kappa shape index (κ3) is 6.51. The van der Waals surface area contributed by atoms with E-state index in [2.05, 4.69) is 27.0 Å². The van der Waals surface area contributed by atoms with Gasteiger partial charge in [-0.1, -0.05) is 6.07 Å². The molecule has 0 radical (unpaired) electrons. The summed E-state index contributed by atoms with van der Waals surface area (Å²) in [6.07, 6.45) is 9.11. The second kappa shape index (κ2) is 11.4. The summed E-state index contributed by atoms with van der Waals surface area (Å²) in [5.74, 6) is 0.174. The Bertz CT molecular complexity index is 668. The zero-order chi connectivity index (χ0) is 21.3. The number of hydrogen-bond acceptors (Lipinski definition) is 6. The van der Waals surface area contributed by atoms with E-state index in [0.29, 0.717) is 25.0 Å². The van der Waals surface area contributed by atoms with E-state index in [4.69, 9.17) is 4.74 Å². The number of aromatic nitrogens is 1. The molecule has 1 atom stereocenters. The quantitative estimate of drug-likeness (QED) is 0.655. The molecule has 1 aromatic heterocycles. The normalized spacial score (nSPS) is 20.6. The highest BCUT2D eigenvalue weighted by Gasteiger charge is 2.31. The minimum Gasteiger partial charge on any atom is -0.469 e. The van der Waals surface area contributed by atoms with E-state index in [0.717, 1.165) is 51.0 Å². The van der Waals surface area contributed by atoms with Crippen molar-refractivity contribution in [2.45, 2.75) is 64.1 Å². The van der Waals surface area contributed by atoms with E-state index in [9.17, 15) is 9.59 Å². The molecular formula is C23H36N4O3. The number of hydrogen-bond donors (Lipinski definition) is 1. The first-order valence-electron chi connectivity index (χ1n) is 11.3. The lowest BCUT2D eigenvalue weighted by Gasteiger charge is -2.43. The molecule has 0 unspecified atom stereocenters. The molecule has 7 nitrogen and oxygen atoms in total. The van der Waals surface area contributed by atoms with Crippen molar-refractivity contribution in [2.75, 3.05) is 33.3 Å². The van der Waals surface area contributed by atoms with Gasteiger partial charge in [0.2, 0.25) is 5.91 Å². The van der Waals surface area contributed by atoms with Gasteiger partial charge in [0.05, 0.1) is 7.11 Å². The first kappa shape index (κ1) is 22.7. The van der Waals surface area contributed by atoms with Crippen molar-refractivity contribution in [1.82, 2.24) is 20.1 Å². The maximum Gasteiger partial charge on any atom is 0.305 e. The molecule has 30 heavy (non-hydrogen) atoms. The van der Waals surface area contributed by atoms with Crippen LogP contribution < -0.4 is 5.32 Å². The minimum absolute atomic E-state index is 0.121. The second-order valence-electron chi connectivity index (χ2n) is 8.62. The largest absolute Gasteiger partial charge is 0.469 e. The lowest BCUT2D eigenvalue weighted by atomic mass is 9.92. The third-order valence-corrected chi connectivity index (χ3v) is 6.72. The van der Waals surface area contributed by atoms with E-state index in [1.54, 1.807) is 12.4 Å². The summed E-state index contributed by atoms with van der Waals surface area (Å²) in [5.41, 5.74) is 1.04. The molecule has 1 aromatic rings. The zero-order valence-corrected chi connectivity index (χ0v) is 18.4. The van der Waals surface area contributed by atoms with E-state index in [-0.39, 0.29) is 17.8 Å². The van der Waals surface area contributed by atoms with Gasteiger partial charge in [-0.05, 0) is 76.8 Å². The Morgan fingerprint density at radius 1 is 1.20 bits per heavy atom. The smallest absolute Gasteiger partial charge is 0.305 e. The molecule has 1 amide bonds. The Balaban J connectivity index is 1.34. The molecule has 2 aliphatic rings. The van der Waals surface area contributed by atoms with Crippen LogP contribution in [0.25, 0.3) is 0 Å². The number of pyridine rings is 1. The fraction of sp³-hybridized carbons (Fsp3) is 0.696. The molecule has 3 heterocycles. The number of rotatable bonds is 8. The van der Waals surface area contributed by atoms with Crippen LogP contribution in [0.4, 0.5) is 0 Å². The van der Waals surface area contributed by atoms with E-state index in [1.807, 2.05) is 12.1 Å². The second-order valence-corrected chi connectivity index (χ2v) is 8.62. The van der Waals surface area contributed by atoms with Gasteiger partial charge in [-0.2, -0.15) is 0 Å². The van der Waals surface area contributed by atoms with Gasteiger partial charge in [-0.3, -0.25) is 14.6 Å². The van der Waals surface area contributed by atoms with E-state index >= 15 is 0 Å². The lowest BCUT2D eigenvalue weighted by Crippen LogP contribution is -2.50. The predicted molar refractivity (Wildman–Crippen MR) is 116 cm³/mol. The van der Waals surface area contributed by atoms with Crippen LogP contribution in [0.2, 0.25) is 0 Å². The third-order valence-electron chi connectivity index (χ3n) is 6.72. The number of ether oxygens (including phenoxy) is 1. The van der Waals surface area contributed by atoms with Gasteiger partial charge >= 0.3 is 5.97 Å². The van der Waals surface area contributed by atoms with Crippen molar-refractivity contribution in [3.05, 3.63) is 30.1 Å². The molecule has 1 N–H and O–H groups in total. The summed E-state index contributed by atoms with van der Waals surface area (Å²) in [5, 5.41) is 3.07. The van der Waals surface area contributed by atoms with Crippen LogP contribution in [0.5, 0.6) is 0 Å². The number of nitrogens with one attached hydrogen (secondary N) is 1. The number of esters is 1. The summed E-state index contributed by atoms with van der Waals surface area (Å²) < 4.78 is 4.75. The van der Waals surface area contributed by atoms with Gasteiger partial charge < -0.3 is 19.9 Å². The van der Waals surface area contributed by atoms with Crippen LogP contribution >= 0.6 is 0 Å². The SMILES string of the molecule is COC(=O)CC[C@H](C)N1CCC(N2CCC(C(=O)NCc3cccnc3)CC2)CC1. The Labute approximate surface area is 180 Å². The van der Waals surface area contributed by atoms with Gasteiger partial charge in [0, 0.05) is 43.4 Å². The Kier molecular flexibility index (Phi) is 8.63. The number of amides is 1. The maximum atomic E-state index is 12.5. The van der Waals surface area contributed by atoms with Crippen molar-refractivity contribution in [1.29, 1.82) is 0 Å². The molecule has 0 saturated carbocycles. The minimum atomic E-state index is -0.121. The number of likely N-dealkylation sites (tertiary alicyclic amines) is 2. The average molecular weight is 417 g/mol. The Morgan fingerprint density at radius 3 is 2.57 bits per heavy atom. The van der Waals surface area contributed by atoms with Crippen LogP contribution in [0.1, 0.15) is 51.0 Å². The molecule has 0 spiro atoms. The fourth-order valence-corrected chi connectivity index (χ4v) is 4.67. The summed E-state index contributed by atoms with van der Waals surface area (Å²) in [6.45, 7) is 6.94. The van der Waals surface area contributed by atoms with E-state index in [1.165, 1.54) is 20.0 Å². The number of methoxy groups -OCH3 is 1. The van der Waals surface area contributed by atoms with Crippen molar-refractivity contribution in [3.63, 3.8) is 0 Å². The molecule has 166 valence electrons. The highest BCUT2D eigenvalue weighted by Crippen LogP contribution is 2.25. The van der Waals surface area contributed by atoms with Crippen LogP contribution in [-0.2, 0) is 20.9 Å². The van der Waals surface area contributed by atoms with Crippen LogP contribution in [0, 0.1) is 5.92 Å². The molecule has 0 aliphatic carbocycles. The van der Waals surface area contributed by atoms with Crippen molar-refractivity contribution in [2.24, 2.45) is 5.92 Å². The first-order chi connectivity index (χ1) is 14.6. The molecule has 3 rings (SSSR count). The Morgan fingerprint density at radius 2 is 1.93 bits per heavy atom. The molecule has 2 aliphatic heterocycles. The summed E-state index contributed by atoms with van der Waals surface area (Å²) >= 11 is 0. The lowest BCUT2D eigenvalue weighted by molar-refractivity contribution is -0.141. The Hall–Kier alpha value is -1.99. The highest BCUT2D eigenvalue weighted by atomic mass is 16.5. The highest BCUT2D eigenvalue weighted by molar-refractivity contribution is 5.78. The summed E-state index contributed by atoms with van der Waals surface area (Å²) in [4.78, 5) is 33.1. The molecule has 2 saturated heterocycles. The monoisotopic (exact) mass is 416 g/mol. The van der Waals surface area contributed by atoms with Gasteiger partial charge in [-0.25, -0.2) is 0 Å². The number of carbonyl (C=O) groups is 2. The first-order valence-corrected chi connectivity index (χ1v) is 11.3. The van der Waals surface area contributed by atoms with Crippen molar-refractivity contribution < 1.29 is 14.3 Å². The standard InChI is InChI=1S/C23H36N4O3/c1-18(5-6-22(28)30-2)26-14-9-21(10-15-26)27-12-7-20(8-13-27)23(29)25-17-19-4-3-11-24-16-19/h3-4,11,16,18,20-21H,5-10,12-15,17H2,1-2H3,(H,25,29)/t18-/m0/s1. The van der Waals surface area contributed by atoms with E-state index < -0.39 is 0 Å². The number of carbonyl (C=O) groups excluding carboxylic acids is 2. The van der Waals surface area contributed by atoms with Gasteiger partial charge in [0.25, 0.3) is 0 Å². The number of nitrogens with zero attached hydrogens (tertiary/aromatic N) is 3. The summed E-state index contributed by atoms with van der Waals surface area (Å²) in [6, 6.07) is 4.91. The molecule has 0 bridgehead atoms. The van der Waals surface area contributed by atoms with Gasteiger partial charge in [0.15, 0.2) is 0 Å². The van der Waals surface area contributed by atoms with Crippen LogP contribution in [-0.4, -0.2) is 72.0 Å². The fourth-order valence-electron chi connectivity index (χ4n) is 4.67. The van der Waals surface area contributed by atoms with Gasteiger partial charge in [0.1, 0.15) is 0 Å². The van der Waals surface area contributed by atoms with Gasteiger partial charge in [-0.15, -0.1) is 0 Å².